The molecule has 1 aliphatic rings. The maximum atomic E-state index is 11.5. The van der Waals surface area contributed by atoms with Gasteiger partial charge in [-0.3, -0.25) is 4.55 Å². The van der Waals surface area contributed by atoms with Crippen LogP contribution in [0.5, 0.6) is 0 Å². The molecule has 0 spiro atoms. The van der Waals surface area contributed by atoms with E-state index in [1.807, 2.05) is 30.3 Å². The van der Waals surface area contributed by atoms with Gasteiger partial charge in [0, 0.05) is 0 Å². The van der Waals surface area contributed by atoms with Gasteiger partial charge in [-0.15, -0.1) is 0 Å². The molecule has 1 aromatic rings. The largest absolute Gasteiger partial charge is 0.376 e. The van der Waals surface area contributed by atoms with Gasteiger partial charge in [-0.1, -0.05) is 30.3 Å². The Hall–Kier alpha value is -0.950. The second-order valence-electron chi connectivity index (χ2n) is 4.23. The van der Waals surface area contributed by atoms with Crippen LogP contribution in [0.2, 0.25) is 0 Å². The fourth-order valence-corrected chi connectivity index (χ4v) is 2.94. The lowest BCUT2D eigenvalue weighted by Gasteiger charge is -2.28. The van der Waals surface area contributed by atoms with Crippen LogP contribution in [0.15, 0.2) is 30.3 Å². The van der Waals surface area contributed by atoms with Crippen LogP contribution in [0.25, 0.3) is 0 Å². The van der Waals surface area contributed by atoms with Gasteiger partial charge in [-0.25, -0.2) is 0 Å². The van der Waals surface area contributed by atoms with Crippen molar-refractivity contribution in [2.24, 2.45) is 0 Å². The summed E-state index contributed by atoms with van der Waals surface area (Å²) in [6.07, 6.45) is -0.401. The molecule has 0 bridgehead atoms. The molecule has 2 atom stereocenters. The van der Waals surface area contributed by atoms with Crippen molar-refractivity contribution in [1.29, 1.82) is 0 Å². The zero-order chi connectivity index (χ0) is 13.0. The zero-order valence-corrected chi connectivity index (χ0v) is 10.7. The Bertz CT molecular complexity index is 465. The molecular weight excluding hydrogens is 256 g/mol. The molecule has 0 radical (unpaired) electrons. The predicted octanol–water partition coefficient (Wildman–Crippen LogP) is 0.901. The third-order valence-electron chi connectivity index (χ3n) is 2.92. The van der Waals surface area contributed by atoms with E-state index < -0.39 is 21.5 Å². The summed E-state index contributed by atoms with van der Waals surface area (Å²) in [6, 6.07) is 9.15. The minimum absolute atomic E-state index is 0.192. The number of rotatable bonds is 4. The van der Waals surface area contributed by atoms with Gasteiger partial charge in [0.25, 0.3) is 10.1 Å². The van der Waals surface area contributed by atoms with Crippen molar-refractivity contribution < 1.29 is 22.4 Å². The predicted molar refractivity (Wildman–Crippen MR) is 66.0 cm³/mol. The van der Waals surface area contributed by atoms with E-state index in [9.17, 15) is 13.0 Å². The van der Waals surface area contributed by atoms with E-state index in [1.165, 1.54) is 0 Å². The molecule has 5 nitrogen and oxygen atoms in total. The summed E-state index contributed by atoms with van der Waals surface area (Å²) in [4.78, 5) is 0. The van der Waals surface area contributed by atoms with Gasteiger partial charge in [-0.2, -0.15) is 8.42 Å². The van der Waals surface area contributed by atoms with E-state index >= 15 is 0 Å². The highest BCUT2D eigenvalue weighted by Gasteiger charge is 2.34. The fourth-order valence-electron chi connectivity index (χ4n) is 2.00. The van der Waals surface area contributed by atoms with Gasteiger partial charge >= 0.3 is 0 Å². The molecule has 2 rings (SSSR count). The van der Waals surface area contributed by atoms with Crippen molar-refractivity contribution in [3.8, 4) is 0 Å². The molecule has 18 heavy (non-hydrogen) atoms. The maximum Gasteiger partial charge on any atom is 0.270 e. The first-order valence-corrected chi connectivity index (χ1v) is 7.27. The summed E-state index contributed by atoms with van der Waals surface area (Å²) in [6.45, 7) is 1.00. The van der Waals surface area contributed by atoms with E-state index in [0.29, 0.717) is 13.2 Å². The standard InChI is InChI=1S/C12H16O5S/c13-18(14,15)12(11-9-16-6-7-17-11)8-10-4-2-1-3-5-10/h1-5,11-12H,6-9H2,(H,13,14,15). The summed E-state index contributed by atoms with van der Waals surface area (Å²) >= 11 is 0. The Morgan fingerprint density at radius 1 is 1.28 bits per heavy atom. The fraction of sp³-hybridized carbons (Fsp3) is 0.500. The second kappa shape index (κ2) is 5.79. The Balaban J connectivity index is 2.15. The van der Waals surface area contributed by atoms with Gasteiger partial charge < -0.3 is 9.47 Å². The Morgan fingerprint density at radius 2 is 2.00 bits per heavy atom. The van der Waals surface area contributed by atoms with Crippen LogP contribution in [0.1, 0.15) is 5.56 Å². The average molecular weight is 272 g/mol. The maximum absolute atomic E-state index is 11.5. The lowest BCUT2D eigenvalue weighted by Crippen LogP contribution is -2.44. The molecule has 0 amide bonds. The third kappa shape index (κ3) is 3.52. The molecule has 6 heteroatoms. The van der Waals surface area contributed by atoms with E-state index in [1.54, 1.807) is 0 Å². The van der Waals surface area contributed by atoms with Gasteiger partial charge in [0.15, 0.2) is 0 Å². The van der Waals surface area contributed by atoms with Gasteiger partial charge in [0.1, 0.15) is 11.4 Å². The summed E-state index contributed by atoms with van der Waals surface area (Å²) in [7, 11) is -4.17. The molecule has 1 aliphatic heterocycles. The Kier molecular flexibility index (Phi) is 4.34. The molecule has 2 unspecified atom stereocenters. The molecule has 1 saturated heterocycles. The first kappa shape index (κ1) is 13.5. The lowest BCUT2D eigenvalue weighted by molar-refractivity contribution is -0.0892. The highest BCUT2D eigenvalue weighted by Crippen LogP contribution is 2.17. The molecule has 0 saturated carbocycles. The van der Waals surface area contributed by atoms with E-state index in [0.717, 1.165) is 5.56 Å². The molecule has 0 aromatic heterocycles. The molecular formula is C12H16O5S. The zero-order valence-electron chi connectivity index (χ0n) is 9.86. The first-order chi connectivity index (χ1) is 8.57. The van der Waals surface area contributed by atoms with E-state index in [-0.39, 0.29) is 13.0 Å². The van der Waals surface area contributed by atoms with E-state index in [2.05, 4.69) is 0 Å². The SMILES string of the molecule is O=S(=O)(O)C(Cc1ccccc1)C1COCCO1. The number of ether oxygens (including phenoxy) is 2. The Labute approximate surface area is 106 Å². The summed E-state index contributed by atoms with van der Waals surface area (Å²) < 4.78 is 42.8. The topological polar surface area (TPSA) is 72.8 Å². The highest BCUT2D eigenvalue weighted by molar-refractivity contribution is 7.86. The van der Waals surface area contributed by atoms with Crippen LogP contribution in [0.4, 0.5) is 0 Å². The molecule has 100 valence electrons. The normalized spacial score (nSPS) is 22.6. The van der Waals surface area contributed by atoms with Crippen LogP contribution < -0.4 is 0 Å². The highest BCUT2D eigenvalue weighted by atomic mass is 32.2. The monoisotopic (exact) mass is 272 g/mol. The van der Waals surface area contributed by atoms with Gasteiger partial charge in [0.2, 0.25) is 0 Å². The van der Waals surface area contributed by atoms with Crippen molar-refractivity contribution in [3.63, 3.8) is 0 Å². The molecule has 1 heterocycles. The lowest BCUT2D eigenvalue weighted by atomic mass is 10.1. The minimum atomic E-state index is -4.17. The number of benzene rings is 1. The van der Waals surface area contributed by atoms with Crippen molar-refractivity contribution >= 4 is 10.1 Å². The van der Waals surface area contributed by atoms with E-state index in [4.69, 9.17) is 9.47 Å². The van der Waals surface area contributed by atoms with Crippen LogP contribution in [-0.2, 0) is 26.0 Å². The summed E-state index contributed by atoms with van der Waals surface area (Å²) in [5, 5.41) is -0.986. The summed E-state index contributed by atoms with van der Waals surface area (Å²) in [5.74, 6) is 0. The van der Waals surface area contributed by atoms with Gasteiger partial charge in [0.05, 0.1) is 19.8 Å². The number of hydrogen-bond acceptors (Lipinski definition) is 4. The van der Waals surface area contributed by atoms with Crippen molar-refractivity contribution in [3.05, 3.63) is 35.9 Å². The minimum Gasteiger partial charge on any atom is -0.376 e. The van der Waals surface area contributed by atoms with Crippen LogP contribution in [-0.4, -0.2) is 44.1 Å². The number of hydrogen-bond donors (Lipinski definition) is 1. The summed E-state index contributed by atoms with van der Waals surface area (Å²) in [5.41, 5.74) is 0.842. The Morgan fingerprint density at radius 3 is 2.56 bits per heavy atom. The third-order valence-corrected chi connectivity index (χ3v) is 4.15. The molecule has 1 N–H and O–H groups in total. The van der Waals surface area contributed by atoms with Crippen LogP contribution in [0.3, 0.4) is 0 Å². The smallest absolute Gasteiger partial charge is 0.270 e. The average Bonchev–Trinajstić information content (AvgIpc) is 2.37. The first-order valence-electron chi connectivity index (χ1n) is 5.77. The van der Waals surface area contributed by atoms with Crippen LogP contribution >= 0.6 is 0 Å². The van der Waals surface area contributed by atoms with Crippen molar-refractivity contribution in [2.75, 3.05) is 19.8 Å². The quantitative estimate of drug-likeness (QED) is 0.824. The second-order valence-corrected chi connectivity index (χ2v) is 5.86. The molecule has 1 aromatic carbocycles. The molecule has 0 aliphatic carbocycles. The molecule has 1 fully saturated rings. The van der Waals surface area contributed by atoms with Crippen LogP contribution in [0, 0.1) is 0 Å². The van der Waals surface area contributed by atoms with Gasteiger partial charge in [-0.05, 0) is 12.0 Å². The van der Waals surface area contributed by atoms with Crippen molar-refractivity contribution in [1.82, 2.24) is 0 Å². The van der Waals surface area contributed by atoms with Crippen molar-refractivity contribution in [2.45, 2.75) is 17.8 Å².